The first-order valence-electron chi connectivity index (χ1n) is 9.52. The molecule has 0 saturated carbocycles. The first-order chi connectivity index (χ1) is 13.3. The molecule has 0 unspecified atom stereocenters. The number of likely N-dealkylation sites (tertiary alicyclic amines) is 1. The number of rotatable bonds is 3. The quantitative estimate of drug-likeness (QED) is 0.789. The summed E-state index contributed by atoms with van der Waals surface area (Å²) in [6, 6.07) is 14.2. The summed E-state index contributed by atoms with van der Waals surface area (Å²) in [5.74, 6) is 0.517. The minimum atomic E-state index is -3.36. The number of para-hydroxylation sites is 1. The third kappa shape index (κ3) is 4.21. The largest absolute Gasteiger partial charge is 0.484 e. The smallest absolute Gasteiger partial charge is 0.211 e. The SMILES string of the molecule is CS(=O)(=O)N1Cc2ccccc2O[C@@]2(CCCN(Cc3ccc(F)cc3)C2)C1. The minimum absolute atomic E-state index is 0.244. The molecule has 2 aliphatic heterocycles. The fourth-order valence-electron chi connectivity index (χ4n) is 4.19. The molecule has 1 fully saturated rings. The van der Waals surface area contributed by atoms with Gasteiger partial charge in [-0.3, -0.25) is 4.90 Å². The van der Waals surface area contributed by atoms with Crippen molar-refractivity contribution in [3.63, 3.8) is 0 Å². The first kappa shape index (κ1) is 19.4. The van der Waals surface area contributed by atoms with Crippen molar-refractivity contribution in [1.82, 2.24) is 9.21 Å². The first-order valence-corrected chi connectivity index (χ1v) is 11.4. The highest BCUT2D eigenvalue weighted by Crippen LogP contribution is 2.35. The van der Waals surface area contributed by atoms with Crippen LogP contribution in [0.3, 0.4) is 0 Å². The molecule has 0 aliphatic carbocycles. The predicted molar refractivity (Wildman–Crippen MR) is 106 cm³/mol. The van der Waals surface area contributed by atoms with E-state index in [4.69, 9.17) is 4.74 Å². The second-order valence-corrected chi connectivity index (χ2v) is 9.85. The topological polar surface area (TPSA) is 49.9 Å². The lowest BCUT2D eigenvalue weighted by Crippen LogP contribution is -2.57. The Balaban J connectivity index is 1.61. The van der Waals surface area contributed by atoms with Crippen LogP contribution in [0.4, 0.5) is 4.39 Å². The van der Waals surface area contributed by atoms with Crippen molar-refractivity contribution in [3.05, 3.63) is 65.5 Å². The molecular formula is C21H25FN2O3S. The Morgan fingerprint density at radius 1 is 1.11 bits per heavy atom. The monoisotopic (exact) mass is 404 g/mol. The van der Waals surface area contributed by atoms with E-state index in [-0.39, 0.29) is 5.82 Å². The van der Waals surface area contributed by atoms with Crippen LogP contribution >= 0.6 is 0 Å². The third-order valence-corrected chi connectivity index (χ3v) is 6.71. The van der Waals surface area contributed by atoms with Crippen molar-refractivity contribution in [2.75, 3.05) is 25.9 Å². The average molecular weight is 405 g/mol. The molecule has 2 heterocycles. The van der Waals surface area contributed by atoms with Crippen molar-refractivity contribution < 1.29 is 17.5 Å². The van der Waals surface area contributed by atoms with Gasteiger partial charge in [0.05, 0.1) is 12.8 Å². The molecule has 1 saturated heterocycles. The fraction of sp³-hybridized carbons (Fsp3) is 0.429. The lowest BCUT2D eigenvalue weighted by molar-refractivity contribution is -0.0179. The molecule has 0 radical (unpaired) electrons. The van der Waals surface area contributed by atoms with Crippen molar-refractivity contribution >= 4 is 10.0 Å². The summed E-state index contributed by atoms with van der Waals surface area (Å²) in [7, 11) is -3.36. The second kappa shape index (κ2) is 7.46. The van der Waals surface area contributed by atoms with Crippen LogP contribution in [-0.4, -0.2) is 49.1 Å². The van der Waals surface area contributed by atoms with Crippen LogP contribution in [0.1, 0.15) is 24.0 Å². The summed E-state index contributed by atoms with van der Waals surface area (Å²) < 4.78 is 46.0. The molecular weight excluding hydrogens is 379 g/mol. The van der Waals surface area contributed by atoms with E-state index in [1.165, 1.54) is 22.7 Å². The number of ether oxygens (including phenoxy) is 1. The third-order valence-electron chi connectivity index (χ3n) is 5.52. The van der Waals surface area contributed by atoms with Crippen LogP contribution < -0.4 is 4.74 Å². The van der Waals surface area contributed by atoms with Gasteiger partial charge in [-0.15, -0.1) is 0 Å². The fourth-order valence-corrected chi connectivity index (χ4v) is 5.03. The maximum atomic E-state index is 13.2. The summed E-state index contributed by atoms with van der Waals surface area (Å²) in [5.41, 5.74) is 1.33. The van der Waals surface area contributed by atoms with Crippen molar-refractivity contribution in [1.29, 1.82) is 0 Å². The number of sulfonamides is 1. The second-order valence-electron chi connectivity index (χ2n) is 7.86. The van der Waals surface area contributed by atoms with Gasteiger partial charge in [-0.05, 0) is 43.1 Å². The zero-order chi connectivity index (χ0) is 19.8. The summed E-state index contributed by atoms with van der Waals surface area (Å²) >= 11 is 0. The van der Waals surface area contributed by atoms with Crippen LogP contribution in [0.25, 0.3) is 0 Å². The highest BCUT2D eigenvalue weighted by atomic mass is 32.2. The van der Waals surface area contributed by atoms with Crippen LogP contribution in [0.5, 0.6) is 5.75 Å². The maximum absolute atomic E-state index is 13.2. The molecule has 0 N–H and O–H groups in total. The van der Waals surface area contributed by atoms with E-state index in [0.29, 0.717) is 26.2 Å². The van der Waals surface area contributed by atoms with E-state index in [1.54, 1.807) is 12.1 Å². The van der Waals surface area contributed by atoms with E-state index in [9.17, 15) is 12.8 Å². The van der Waals surface area contributed by atoms with Gasteiger partial charge in [0.15, 0.2) is 0 Å². The summed E-state index contributed by atoms with van der Waals surface area (Å²) in [6.45, 7) is 2.88. The highest BCUT2D eigenvalue weighted by molar-refractivity contribution is 7.88. The predicted octanol–water partition coefficient (Wildman–Crippen LogP) is 3.01. The molecule has 7 heteroatoms. The standard InChI is InChI=1S/C21H25FN2O3S/c1-28(25,26)24-14-18-5-2-3-6-20(18)27-21(16-24)11-4-12-23(15-21)13-17-7-9-19(22)10-8-17/h2-3,5-10H,4,11-16H2,1H3/t21-/m1/s1. The summed E-state index contributed by atoms with van der Waals surface area (Å²) in [4.78, 5) is 2.27. The van der Waals surface area contributed by atoms with Gasteiger partial charge in [0.1, 0.15) is 17.2 Å². The van der Waals surface area contributed by atoms with E-state index < -0.39 is 15.6 Å². The molecule has 2 aromatic rings. The number of hydrogen-bond donors (Lipinski definition) is 0. The molecule has 1 spiro atoms. The minimum Gasteiger partial charge on any atom is -0.484 e. The van der Waals surface area contributed by atoms with Gasteiger partial charge in [-0.1, -0.05) is 30.3 Å². The normalized spacial score (nSPS) is 23.8. The number of fused-ring (bicyclic) bond motifs is 1. The van der Waals surface area contributed by atoms with Crippen molar-refractivity contribution in [2.45, 2.75) is 31.5 Å². The zero-order valence-corrected chi connectivity index (χ0v) is 16.8. The Bertz CT molecular complexity index is 948. The Morgan fingerprint density at radius 2 is 1.86 bits per heavy atom. The average Bonchev–Trinajstić information content (AvgIpc) is 2.80. The van der Waals surface area contributed by atoms with Gasteiger partial charge in [0.25, 0.3) is 0 Å². The van der Waals surface area contributed by atoms with Crippen molar-refractivity contribution in [3.8, 4) is 5.75 Å². The number of benzene rings is 2. The molecule has 4 rings (SSSR count). The van der Waals surface area contributed by atoms with E-state index >= 15 is 0 Å². The molecule has 1 atom stereocenters. The molecule has 0 aromatic heterocycles. The zero-order valence-electron chi connectivity index (χ0n) is 16.0. The number of halogens is 1. The number of hydrogen-bond acceptors (Lipinski definition) is 4. The Morgan fingerprint density at radius 3 is 2.61 bits per heavy atom. The lowest BCUT2D eigenvalue weighted by atomic mass is 9.92. The van der Waals surface area contributed by atoms with Gasteiger partial charge in [0, 0.05) is 25.2 Å². The summed E-state index contributed by atoms with van der Waals surface area (Å²) in [6.07, 6.45) is 2.97. The molecule has 2 aliphatic rings. The van der Waals surface area contributed by atoms with Gasteiger partial charge in [0.2, 0.25) is 10.0 Å². The van der Waals surface area contributed by atoms with Crippen LogP contribution in [0.2, 0.25) is 0 Å². The van der Waals surface area contributed by atoms with Crippen molar-refractivity contribution in [2.24, 2.45) is 0 Å². The van der Waals surface area contributed by atoms with E-state index in [2.05, 4.69) is 4.90 Å². The molecule has 5 nitrogen and oxygen atoms in total. The van der Waals surface area contributed by atoms with Crippen LogP contribution in [0.15, 0.2) is 48.5 Å². The highest BCUT2D eigenvalue weighted by Gasteiger charge is 2.43. The van der Waals surface area contributed by atoms with Gasteiger partial charge < -0.3 is 4.74 Å². The molecule has 0 amide bonds. The van der Waals surface area contributed by atoms with Gasteiger partial charge in [-0.25, -0.2) is 12.8 Å². The molecule has 150 valence electrons. The van der Waals surface area contributed by atoms with E-state index in [0.717, 1.165) is 36.3 Å². The number of nitrogens with zero attached hydrogens (tertiary/aromatic N) is 2. The maximum Gasteiger partial charge on any atom is 0.211 e. The Kier molecular flexibility index (Phi) is 5.16. The van der Waals surface area contributed by atoms with Gasteiger partial charge >= 0.3 is 0 Å². The number of piperidine rings is 1. The molecule has 28 heavy (non-hydrogen) atoms. The molecule has 0 bridgehead atoms. The van der Waals surface area contributed by atoms with Gasteiger partial charge in [-0.2, -0.15) is 4.31 Å². The Labute approximate surface area is 165 Å². The van der Waals surface area contributed by atoms with Crippen LogP contribution in [0, 0.1) is 5.82 Å². The summed E-state index contributed by atoms with van der Waals surface area (Å²) in [5, 5.41) is 0. The molecule has 2 aromatic carbocycles. The van der Waals surface area contributed by atoms with Crippen LogP contribution in [-0.2, 0) is 23.1 Å². The Hall–Kier alpha value is -1.96. The van der Waals surface area contributed by atoms with E-state index in [1.807, 2.05) is 24.3 Å². The lowest BCUT2D eigenvalue weighted by Gasteiger charge is -2.43.